The standard InChI is InChI=1S/C17H28ClN3O2S/c1-6-19-16(20-11-12-24(22,23)17(2,3)4)21(5)13-14-9-7-8-10-15(14)18/h7-10H,6,11-13H2,1-5H3,(H,19,20). The normalized spacial score (nSPS) is 13.0. The Kier molecular flexibility index (Phi) is 7.55. The van der Waals surface area contributed by atoms with Crippen molar-refractivity contribution in [2.75, 3.05) is 25.9 Å². The molecule has 0 saturated carbocycles. The number of hydrogen-bond donors (Lipinski definition) is 1. The van der Waals surface area contributed by atoms with Gasteiger partial charge in [-0.1, -0.05) is 29.8 Å². The summed E-state index contributed by atoms with van der Waals surface area (Å²) in [6.45, 7) is 8.64. The van der Waals surface area contributed by atoms with Crippen molar-refractivity contribution >= 4 is 27.4 Å². The van der Waals surface area contributed by atoms with Gasteiger partial charge in [0.15, 0.2) is 15.8 Å². The Bertz CT molecular complexity index is 667. The maximum absolute atomic E-state index is 12.2. The highest BCUT2D eigenvalue weighted by Gasteiger charge is 2.28. The average Bonchev–Trinajstić information content (AvgIpc) is 2.47. The number of aliphatic imine (C=N–C) groups is 1. The van der Waals surface area contributed by atoms with Gasteiger partial charge in [-0.3, -0.25) is 4.99 Å². The highest BCUT2D eigenvalue weighted by atomic mass is 35.5. The van der Waals surface area contributed by atoms with Gasteiger partial charge >= 0.3 is 0 Å². The van der Waals surface area contributed by atoms with E-state index in [1.165, 1.54) is 0 Å². The van der Waals surface area contributed by atoms with Crippen LogP contribution >= 0.6 is 11.6 Å². The Morgan fingerprint density at radius 2 is 1.92 bits per heavy atom. The van der Waals surface area contributed by atoms with E-state index < -0.39 is 14.6 Å². The predicted octanol–water partition coefficient (Wildman–Crippen LogP) is 2.95. The molecule has 0 amide bonds. The van der Waals surface area contributed by atoms with E-state index in [0.29, 0.717) is 24.1 Å². The molecule has 0 aliphatic carbocycles. The number of halogens is 1. The Morgan fingerprint density at radius 3 is 2.46 bits per heavy atom. The molecule has 0 aliphatic rings. The molecule has 1 aromatic carbocycles. The summed E-state index contributed by atoms with van der Waals surface area (Å²) in [5.74, 6) is 0.701. The number of benzene rings is 1. The molecule has 0 unspecified atom stereocenters. The lowest BCUT2D eigenvalue weighted by Gasteiger charge is -2.23. The number of nitrogens with one attached hydrogen (secondary N) is 1. The lowest BCUT2D eigenvalue weighted by Crippen LogP contribution is -2.39. The average molecular weight is 374 g/mol. The zero-order valence-electron chi connectivity index (χ0n) is 15.1. The molecule has 7 heteroatoms. The number of sulfone groups is 1. The molecule has 0 atom stereocenters. The van der Waals surface area contributed by atoms with E-state index in [-0.39, 0.29) is 12.3 Å². The molecule has 1 N–H and O–H groups in total. The topological polar surface area (TPSA) is 61.8 Å². The van der Waals surface area contributed by atoms with Crippen LogP contribution in [-0.4, -0.2) is 49.9 Å². The minimum Gasteiger partial charge on any atom is -0.357 e. The van der Waals surface area contributed by atoms with Crippen LogP contribution < -0.4 is 5.32 Å². The molecule has 5 nitrogen and oxygen atoms in total. The van der Waals surface area contributed by atoms with E-state index in [1.807, 2.05) is 43.1 Å². The summed E-state index contributed by atoms with van der Waals surface area (Å²) in [6.07, 6.45) is 0. The molecule has 0 radical (unpaired) electrons. The molecule has 24 heavy (non-hydrogen) atoms. The van der Waals surface area contributed by atoms with Crippen molar-refractivity contribution in [2.45, 2.75) is 39.0 Å². The first-order chi connectivity index (χ1) is 11.1. The van der Waals surface area contributed by atoms with E-state index in [0.717, 1.165) is 5.56 Å². The van der Waals surface area contributed by atoms with Gasteiger partial charge in [0, 0.05) is 25.2 Å². The zero-order chi connectivity index (χ0) is 18.4. The lowest BCUT2D eigenvalue weighted by atomic mass is 10.2. The lowest BCUT2D eigenvalue weighted by molar-refractivity contribution is 0.477. The summed E-state index contributed by atoms with van der Waals surface area (Å²) < 4.78 is 23.6. The summed E-state index contributed by atoms with van der Waals surface area (Å²) in [6, 6.07) is 7.65. The van der Waals surface area contributed by atoms with Gasteiger partial charge < -0.3 is 10.2 Å². The quantitative estimate of drug-likeness (QED) is 0.615. The first-order valence-corrected chi connectivity index (χ1v) is 10.1. The first kappa shape index (κ1) is 20.8. The van der Waals surface area contributed by atoms with Crippen LogP contribution in [-0.2, 0) is 16.4 Å². The van der Waals surface area contributed by atoms with Crippen LogP contribution in [0.1, 0.15) is 33.3 Å². The summed E-state index contributed by atoms with van der Waals surface area (Å²) in [4.78, 5) is 6.39. The van der Waals surface area contributed by atoms with Crippen LogP contribution in [0.15, 0.2) is 29.3 Å². The van der Waals surface area contributed by atoms with Gasteiger partial charge in [-0.25, -0.2) is 8.42 Å². The van der Waals surface area contributed by atoms with Crippen molar-refractivity contribution in [3.63, 3.8) is 0 Å². The third-order valence-corrected chi connectivity index (χ3v) is 6.57. The second-order valence-corrected chi connectivity index (χ2v) is 9.88. The van der Waals surface area contributed by atoms with Crippen molar-refractivity contribution in [1.82, 2.24) is 10.2 Å². The largest absolute Gasteiger partial charge is 0.357 e. The molecule has 0 fully saturated rings. The third-order valence-electron chi connectivity index (χ3n) is 3.62. The molecular formula is C17H28ClN3O2S. The van der Waals surface area contributed by atoms with Crippen molar-refractivity contribution in [3.8, 4) is 0 Å². The predicted molar refractivity (Wildman–Crippen MR) is 102 cm³/mol. The fourth-order valence-electron chi connectivity index (χ4n) is 2.00. The van der Waals surface area contributed by atoms with E-state index in [4.69, 9.17) is 11.6 Å². The summed E-state index contributed by atoms with van der Waals surface area (Å²) in [5.41, 5.74) is 0.995. The molecule has 0 aromatic heterocycles. The fourth-order valence-corrected chi connectivity index (χ4v) is 3.14. The second kappa shape index (κ2) is 8.72. The van der Waals surface area contributed by atoms with Gasteiger partial charge in [-0.2, -0.15) is 0 Å². The molecule has 0 bridgehead atoms. The van der Waals surface area contributed by atoms with Gasteiger partial charge in [-0.05, 0) is 39.3 Å². The molecule has 136 valence electrons. The smallest absolute Gasteiger partial charge is 0.193 e. The van der Waals surface area contributed by atoms with Crippen molar-refractivity contribution in [1.29, 1.82) is 0 Å². The van der Waals surface area contributed by atoms with Crippen LogP contribution in [0, 0.1) is 0 Å². The second-order valence-electron chi connectivity index (χ2n) is 6.61. The number of hydrogen-bond acceptors (Lipinski definition) is 3. The Balaban J connectivity index is 2.80. The molecule has 1 rings (SSSR count). The van der Waals surface area contributed by atoms with E-state index >= 15 is 0 Å². The SMILES string of the molecule is CCNC(=NCCS(=O)(=O)C(C)(C)C)N(C)Cc1ccccc1Cl. The highest BCUT2D eigenvalue weighted by molar-refractivity contribution is 7.92. The highest BCUT2D eigenvalue weighted by Crippen LogP contribution is 2.17. The summed E-state index contributed by atoms with van der Waals surface area (Å²) >= 11 is 6.20. The fraction of sp³-hybridized carbons (Fsp3) is 0.588. The van der Waals surface area contributed by atoms with E-state index in [1.54, 1.807) is 20.8 Å². The van der Waals surface area contributed by atoms with E-state index in [9.17, 15) is 8.42 Å². The summed E-state index contributed by atoms with van der Waals surface area (Å²) in [5, 5.41) is 3.89. The molecule has 0 heterocycles. The molecule has 0 spiro atoms. The van der Waals surface area contributed by atoms with Crippen LogP contribution in [0.2, 0.25) is 5.02 Å². The van der Waals surface area contributed by atoms with Crippen LogP contribution in [0.5, 0.6) is 0 Å². The molecular weight excluding hydrogens is 346 g/mol. The first-order valence-electron chi connectivity index (χ1n) is 8.03. The molecule has 0 aliphatic heterocycles. The minimum atomic E-state index is -3.17. The van der Waals surface area contributed by atoms with Crippen LogP contribution in [0.3, 0.4) is 0 Å². The van der Waals surface area contributed by atoms with Crippen LogP contribution in [0.4, 0.5) is 0 Å². The monoisotopic (exact) mass is 373 g/mol. The zero-order valence-corrected chi connectivity index (χ0v) is 16.7. The van der Waals surface area contributed by atoms with Crippen molar-refractivity contribution in [3.05, 3.63) is 34.9 Å². The van der Waals surface area contributed by atoms with Gasteiger partial charge in [0.1, 0.15) is 0 Å². The maximum atomic E-state index is 12.2. The Morgan fingerprint density at radius 1 is 1.29 bits per heavy atom. The van der Waals surface area contributed by atoms with Crippen molar-refractivity contribution in [2.24, 2.45) is 4.99 Å². The molecule has 1 aromatic rings. The van der Waals surface area contributed by atoms with E-state index in [2.05, 4.69) is 10.3 Å². The van der Waals surface area contributed by atoms with Gasteiger partial charge in [0.25, 0.3) is 0 Å². The van der Waals surface area contributed by atoms with Gasteiger partial charge in [0.05, 0.1) is 17.0 Å². The van der Waals surface area contributed by atoms with Crippen LogP contribution in [0.25, 0.3) is 0 Å². The maximum Gasteiger partial charge on any atom is 0.193 e. The number of nitrogens with zero attached hydrogens (tertiary/aromatic N) is 2. The summed E-state index contributed by atoms with van der Waals surface area (Å²) in [7, 11) is -1.27. The number of guanidine groups is 1. The van der Waals surface area contributed by atoms with Crippen molar-refractivity contribution < 1.29 is 8.42 Å². The van der Waals surface area contributed by atoms with Gasteiger partial charge in [-0.15, -0.1) is 0 Å². The third kappa shape index (κ3) is 5.98. The number of rotatable bonds is 6. The van der Waals surface area contributed by atoms with Gasteiger partial charge in [0.2, 0.25) is 0 Å². The molecule has 0 saturated heterocycles. The Hall–Kier alpha value is -1.27. The minimum absolute atomic E-state index is 0.0331. The Labute approximate surface area is 151 Å².